The number of carbonyl (C=O) groups is 2. The molecule has 0 heterocycles. The normalized spacial score (nSPS) is 11.3. The molecule has 0 bridgehead atoms. The van der Waals surface area contributed by atoms with Crippen molar-refractivity contribution >= 4 is 24.0 Å². The highest BCUT2D eigenvalue weighted by Gasteiger charge is 2.04. The minimum absolute atomic E-state index is 0.164. The number of amides is 2. The van der Waals surface area contributed by atoms with Crippen LogP contribution in [0.3, 0.4) is 0 Å². The van der Waals surface area contributed by atoms with Crippen LogP contribution in [0.1, 0.15) is 11.1 Å². The summed E-state index contributed by atoms with van der Waals surface area (Å²) in [7, 11) is 0. The first-order chi connectivity index (χ1) is 9.47. The molecule has 0 saturated carbocycles. The van der Waals surface area contributed by atoms with Crippen LogP contribution in [0.15, 0.2) is 35.4 Å². The Hall–Kier alpha value is -3.38. The van der Waals surface area contributed by atoms with E-state index in [2.05, 4.69) is 0 Å². The van der Waals surface area contributed by atoms with Gasteiger partial charge in [0.2, 0.25) is 0 Å². The maximum Gasteiger partial charge on any atom is 0.259 e. The van der Waals surface area contributed by atoms with Crippen LogP contribution in [-0.2, 0) is 9.59 Å². The molecule has 2 amide bonds. The largest absolute Gasteiger partial charge is 0.365 e. The topological polar surface area (TPSA) is 134 Å². The van der Waals surface area contributed by atoms with Crippen LogP contribution in [0.2, 0.25) is 0 Å². The number of primary amides is 2. The number of carbonyl (C=O) groups excluding carboxylic acids is 2. The third kappa shape index (κ3) is 3.83. The summed E-state index contributed by atoms with van der Waals surface area (Å²) in [5.41, 5.74) is 10.9. The molecule has 6 nitrogen and oxygen atoms in total. The van der Waals surface area contributed by atoms with Gasteiger partial charge >= 0.3 is 0 Å². The number of benzene rings is 1. The van der Waals surface area contributed by atoms with E-state index in [1.807, 2.05) is 0 Å². The van der Waals surface area contributed by atoms with E-state index in [-0.39, 0.29) is 11.1 Å². The average Bonchev–Trinajstić information content (AvgIpc) is 2.42. The quantitative estimate of drug-likeness (QED) is 0.605. The third-order valence-electron chi connectivity index (χ3n) is 2.33. The fourth-order valence-corrected chi connectivity index (χ4v) is 1.34. The van der Waals surface area contributed by atoms with Gasteiger partial charge in [-0.25, -0.2) is 0 Å². The van der Waals surface area contributed by atoms with Crippen LogP contribution < -0.4 is 11.5 Å². The second-order valence-electron chi connectivity index (χ2n) is 3.73. The Labute approximate surface area is 115 Å². The van der Waals surface area contributed by atoms with Gasteiger partial charge in [-0.1, -0.05) is 24.3 Å². The number of nitriles is 2. The molecule has 1 aromatic carbocycles. The molecule has 0 fully saturated rings. The van der Waals surface area contributed by atoms with E-state index < -0.39 is 11.8 Å². The van der Waals surface area contributed by atoms with Gasteiger partial charge in [0.15, 0.2) is 0 Å². The third-order valence-corrected chi connectivity index (χ3v) is 2.33. The lowest BCUT2D eigenvalue weighted by Crippen LogP contribution is -2.12. The second kappa shape index (κ2) is 6.53. The summed E-state index contributed by atoms with van der Waals surface area (Å²) in [6, 6.07) is 9.84. The molecule has 0 aliphatic rings. The van der Waals surface area contributed by atoms with Crippen molar-refractivity contribution in [3.05, 3.63) is 46.5 Å². The summed E-state index contributed by atoms with van der Waals surface area (Å²) in [4.78, 5) is 21.8. The Bertz CT molecular complexity index is 624. The first-order valence-electron chi connectivity index (χ1n) is 5.41. The molecule has 4 N–H and O–H groups in total. The first-order valence-corrected chi connectivity index (χ1v) is 5.41. The predicted octanol–water partition coefficient (Wildman–Crippen LogP) is 0.471. The van der Waals surface area contributed by atoms with Gasteiger partial charge in [0.1, 0.15) is 23.3 Å². The molecule has 0 aromatic heterocycles. The van der Waals surface area contributed by atoms with Crippen LogP contribution in [-0.4, -0.2) is 11.8 Å². The Morgan fingerprint density at radius 2 is 1.15 bits per heavy atom. The Morgan fingerprint density at radius 3 is 1.35 bits per heavy atom. The molecule has 1 aromatic rings. The maximum absolute atomic E-state index is 10.9. The molecule has 0 atom stereocenters. The number of hydrogen-bond acceptors (Lipinski definition) is 4. The van der Waals surface area contributed by atoms with Crippen molar-refractivity contribution in [1.29, 1.82) is 10.5 Å². The Kier molecular flexibility index (Phi) is 4.79. The standard InChI is InChI=1S/C14H10N4O2/c15-7-11(13(17)19)5-9-1-2-10(4-3-9)6-12(8-16)14(18)20/h1-6H,(H2,17,19)(H2,18,20). The zero-order valence-corrected chi connectivity index (χ0v) is 10.3. The Morgan fingerprint density at radius 1 is 0.850 bits per heavy atom. The lowest BCUT2D eigenvalue weighted by Gasteiger charge is -1.98. The molecule has 0 saturated heterocycles. The van der Waals surface area contributed by atoms with Gasteiger partial charge < -0.3 is 11.5 Å². The van der Waals surface area contributed by atoms with Crippen LogP contribution in [0, 0.1) is 22.7 Å². The number of rotatable bonds is 4. The van der Waals surface area contributed by atoms with E-state index in [1.165, 1.54) is 12.2 Å². The summed E-state index contributed by atoms with van der Waals surface area (Å²) in [6.07, 6.45) is 2.68. The van der Waals surface area contributed by atoms with Gasteiger partial charge in [0.05, 0.1) is 0 Å². The van der Waals surface area contributed by atoms with E-state index in [4.69, 9.17) is 22.0 Å². The predicted molar refractivity (Wildman–Crippen MR) is 72.0 cm³/mol. The van der Waals surface area contributed by atoms with Crippen molar-refractivity contribution < 1.29 is 9.59 Å². The number of nitrogens with two attached hydrogens (primary N) is 2. The van der Waals surface area contributed by atoms with Crippen LogP contribution >= 0.6 is 0 Å². The maximum atomic E-state index is 10.9. The fraction of sp³-hybridized carbons (Fsp3) is 0. The van der Waals surface area contributed by atoms with E-state index in [9.17, 15) is 9.59 Å². The summed E-state index contributed by atoms with van der Waals surface area (Å²) in [6.45, 7) is 0. The molecule has 0 spiro atoms. The molecular weight excluding hydrogens is 256 g/mol. The Balaban J connectivity index is 3.08. The molecule has 0 aliphatic carbocycles. The smallest absolute Gasteiger partial charge is 0.259 e. The van der Waals surface area contributed by atoms with Crippen LogP contribution in [0.25, 0.3) is 12.2 Å². The lowest BCUT2D eigenvalue weighted by atomic mass is 10.1. The average molecular weight is 266 g/mol. The minimum atomic E-state index is -0.808. The highest BCUT2D eigenvalue weighted by atomic mass is 16.1. The van der Waals surface area contributed by atoms with E-state index >= 15 is 0 Å². The second-order valence-corrected chi connectivity index (χ2v) is 3.73. The van der Waals surface area contributed by atoms with Crippen molar-refractivity contribution in [2.45, 2.75) is 0 Å². The van der Waals surface area contributed by atoms with E-state index in [0.29, 0.717) is 11.1 Å². The van der Waals surface area contributed by atoms with Crippen molar-refractivity contribution in [2.75, 3.05) is 0 Å². The first kappa shape index (κ1) is 14.7. The van der Waals surface area contributed by atoms with Gasteiger partial charge in [-0.15, -0.1) is 0 Å². The van der Waals surface area contributed by atoms with Gasteiger partial charge in [-0.05, 0) is 23.3 Å². The summed E-state index contributed by atoms with van der Waals surface area (Å²) in [5.74, 6) is -1.62. The van der Waals surface area contributed by atoms with E-state index in [0.717, 1.165) is 0 Å². The summed E-state index contributed by atoms with van der Waals surface area (Å²) in [5, 5.41) is 17.4. The molecule has 0 unspecified atom stereocenters. The van der Waals surface area contributed by atoms with Crippen LogP contribution in [0.5, 0.6) is 0 Å². The minimum Gasteiger partial charge on any atom is -0.365 e. The number of hydrogen-bond donors (Lipinski definition) is 2. The van der Waals surface area contributed by atoms with Crippen molar-refractivity contribution in [1.82, 2.24) is 0 Å². The molecule has 6 heteroatoms. The van der Waals surface area contributed by atoms with Gasteiger partial charge in [0, 0.05) is 0 Å². The molecule has 0 radical (unpaired) electrons. The van der Waals surface area contributed by atoms with Gasteiger partial charge in [-0.3, -0.25) is 9.59 Å². The summed E-state index contributed by atoms with van der Waals surface area (Å²) >= 11 is 0. The SMILES string of the molecule is N#CC(=Cc1ccc(C=C(C#N)C(N)=O)cc1)C(N)=O. The van der Waals surface area contributed by atoms with Crippen LogP contribution in [0.4, 0.5) is 0 Å². The van der Waals surface area contributed by atoms with Crippen molar-refractivity contribution in [3.8, 4) is 12.1 Å². The van der Waals surface area contributed by atoms with E-state index in [1.54, 1.807) is 36.4 Å². The lowest BCUT2D eigenvalue weighted by molar-refractivity contribution is -0.115. The molecule has 0 aliphatic heterocycles. The zero-order valence-electron chi connectivity index (χ0n) is 10.3. The fourth-order valence-electron chi connectivity index (χ4n) is 1.34. The van der Waals surface area contributed by atoms with Crippen molar-refractivity contribution in [2.24, 2.45) is 11.5 Å². The van der Waals surface area contributed by atoms with Gasteiger partial charge in [0.25, 0.3) is 11.8 Å². The molecule has 20 heavy (non-hydrogen) atoms. The monoisotopic (exact) mass is 266 g/mol. The number of nitrogens with zero attached hydrogens (tertiary/aromatic N) is 2. The summed E-state index contributed by atoms with van der Waals surface area (Å²) < 4.78 is 0. The zero-order chi connectivity index (χ0) is 15.1. The molecular formula is C14H10N4O2. The molecule has 98 valence electrons. The highest BCUT2D eigenvalue weighted by molar-refractivity contribution is 6.01. The highest BCUT2D eigenvalue weighted by Crippen LogP contribution is 2.11. The molecule has 1 rings (SSSR count). The van der Waals surface area contributed by atoms with Gasteiger partial charge in [-0.2, -0.15) is 10.5 Å². The van der Waals surface area contributed by atoms with Crippen molar-refractivity contribution in [3.63, 3.8) is 0 Å².